The second-order valence-electron chi connectivity index (χ2n) is 9.88. The molecule has 202 valence electrons. The molecule has 8 heteroatoms. The van der Waals surface area contributed by atoms with Crippen LogP contribution in [0.4, 0.5) is 5.69 Å². The molecule has 0 saturated heterocycles. The first-order valence-corrected chi connectivity index (χ1v) is 15.3. The average Bonchev–Trinajstić information content (AvgIpc) is 3.39. The summed E-state index contributed by atoms with van der Waals surface area (Å²) in [4.78, 5) is 28.4. The van der Waals surface area contributed by atoms with Crippen molar-refractivity contribution in [2.45, 2.75) is 83.8 Å². The van der Waals surface area contributed by atoms with Crippen LogP contribution in [-0.2, 0) is 32.6 Å². The Morgan fingerprint density at radius 3 is 2.19 bits per heavy atom. The van der Waals surface area contributed by atoms with E-state index < -0.39 is 16.1 Å². The van der Waals surface area contributed by atoms with Gasteiger partial charge in [0.05, 0.1) is 11.9 Å². The Hall–Kier alpha value is -2.87. The minimum atomic E-state index is -3.51. The van der Waals surface area contributed by atoms with Gasteiger partial charge in [0.25, 0.3) is 0 Å². The maximum atomic E-state index is 13.5. The number of nitrogens with zero attached hydrogens (tertiary/aromatic N) is 2. The third kappa shape index (κ3) is 8.32. The molecule has 0 aromatic heterocycles. The van der Waals surface area contributed by atoms with Crippen molar-refractivity contribution in [3.8, 4) is 0 Å². The van der Waals surface area contributed by atoms with E-state index in [-0.39, 0.29) is 30.8 Å². The van der Waals surface area contributed by atoms with Crippen molar-refractivity contribution in [3.05, 3.63) is 65.7 Å². The van der Waals surface area contributed by atoms with Crippen molar-refractivity contribution in [1.82, 2.24) is 10.2 Å². The van der Waals surface area contributed by atoms with Gasteiger partial charge < -0.3 is 10.2 Å². The quantitative estimate of drug-likeness (QED) is 0.410. The van der Waals surface area contributed by atoms with Gasteiger partial charge in [0.15, 0.2) is 0 Å². The smallest absolute Gasteiger partial charge is 0.243 e. The van der Waals surface area contributed by atoms with Gasteiger partial charge in [0.1, 0.15) is 6.04 Å². The van der Waals surface area contributed by atoms with Crippen LogP contribution in [0.2, 0.25) is 0 Å². The highest BCUT2D eigenvalue weighted by Gasteiger charge is 2.30. The number of aryl methyl sites for hydroxylation is 1. The lowest BCUT2D eigenvalue weighted by Crippen LogP contribution is -2.51. The van der Waals surface area contributed by atoms with E-state index >= 15 is 0 Å². The van der Waals surface area contributed by atoms with Crippen LogP contribution in [-0.4, -0.2) is 50.0 Å². The zero-order valence-corrected chi connectivity index (χ0v) is 23.2. The molecular weight excluding hydrogens is 486 g/mol. The minimum absolute atomic E-state index is 0.104. The van der Waals surface area contributed by atoms with Gasteiger partial charge in [-0.1, -0.05) is 69.2 Å². The molecule has 2 aromatic rings. The predicted octanol–water partition coefficient (Wildman–Crippen LogP) is 4.66. The van der Waals surface area contributed by atoms with Gasteiger partial charge in [-0.3, -0.25) is 13.9 Å². The van der Waals surface area contributed by atoms with Crippen molar-refractivity contribution in [2.75, 3.05) is 17.1 Å². The van der Waals surface area contributed by atoms with Crippen LogP contribution in [0.1, 0.15) is 69.9 Å². The number of hydrogen-bond acceptors (Lipinski definition) is 4. The number of carbonyl (C=O) groups is 2. The van der Waals surface area contributed by atoms with E-state index in [9.17, 15) is 18.0 Å². The molecule has 1 N–H and O–H groups in total. The predicted molar refractivity (Wildman–Crippen MR) is 149 cm³/mol. The topological polar surface area (TPSA) is 86.8 Å². The van der Waals surface area contributed by atoms with Crippen LogP contribution < -0.4 is 9.62 Å². The molecule has 1 aliphatic rings. The normalized spacial score (nSPS) is 14.8. The fourth-order valence-corrected chi connectivity index (χ4v) is 5.93. The number of anilines is 1. The Kier molecular flexibility index (Phi) is 10.6. The summed E-state index contributed by atoms with van der Waals surface area (Å²) in [5, 5.41) is 3.16. The van der Waals surface area contributed by atoms with Gasteiger partial charge in [-0.25, -0.2) is 8.42 Å². The van der Waals surface area contributed by atoms with Gasteiger partial charge in [-0.15, -0.1) is 0 Å². The second-order valence-corrected chi connectivity index (χ2v) is 11.8. The lowest BCUT2D eigenvalue weighted by Gasteiger charge is -2.32. The molecule has 2 aromatic carbocycles. The molecule has 0 radical (unpaired) electrons. The van der Waals surface area contributed by atoms with Crippen molar-refractivity contribution >= 4 is 27.5 Å². The Morgan fingerprint density at radius 1 is 0.973 bits per heavy atom. The number of amides is 2. The minimum Gasteiger partial charge on any atom is -0.352 e. The van der Waals surface area contributed by atoms with Crippen LogP contribution in [0.25, 0.3) is 0 Å². The van der Waals surface area contributed by atoms with E-state index in [4.69, 9.17) is 0 Å². The summed E-state index contributed by atoms with van der Waals surface area (Å²) in [6.45, 7) is 4.51. The fourth-order valence-electron chi connectivity index (χ4n) is 4.97. The van der Waals surface area contributed by atoms with E-state index in [1.54, 1.807) is 4.90 Å². The van der Waals surface area contributed by atoms with Gasteiger partial charge in [0.2, 0.25) is 21.8 Å². The highest BCUT2D eigenvalue weighted by Crippen LogP contribution is 2.22. The van der Waals surface area contributed by atoms with E-state index in [2.05, 4.69) is 5.32 Å². The van der Waals surface area contributed by atoms with Crippen molar-refractivity contribution in [1.29, 1.82) is 0 Å². The summed E-state index contributed by atoms with van der Waals surface area (Å²) in [7, 11) is -3.51. The number of rotatable bonds is 13. The van der Waals surface area contributed by atoms with Gasteiger partial charge in [0, 0.05) is 25.6 Å². The summed E-state index contributed by atoms with van der Waals surface area (Å²) in [5.41, 5.74) is 2.68. The number of nitrogens with one attached hydrogen (secondary N) is 1. The summed E-state index contributed by atoms with van der Waals surface area (Å²) >= 11 is 0. The molecular formula is C29H41N3O4S. The highest BCUT2D eigenvalue weighted by molar-refractivity contribution is 7.92. The number of benzene rings is 2. The maximum absolute atomic E-state index is 13.5. The SMILES string of the molecule is CCc1ccc(N(CCCC(=O)N(Cc2ccccc2)C(CC)C(=O)NC2CCCC2)S(C)(=O)=O)cc1. The average molecular weight is 528 g/mol. The molecule has 3 rings (SSSR count). The summed E-state index contributed by atoms with van der Waals surface area (Å²) in [5.74, 6) is -0.250. The molecule has 0 spiro atoms. The molecule has 37 heavy (non-hydrogen) atoms. The Morgan fingerprint density at radius 2 is 1.62 bits per heavy atom. The van der Waals surface area contributed by atoms with Gasteiger partial charge in [-0.05, 0) is 55.4 Å². The first-order chi connectivity index (χ1) is 17.7. The summed E-state index contributed by atoms with van der Waals surface area (Å²) < 4.78 is 26.4. The van der Waals surface area contributed by atoms with E-state index in [0.717, 1.165) is 43.2 Å². The molecule has 1 fully saturated rings. The zero-order chi connectivity index (χ0) is 26.8. The van der Waals surface area contributed by atoms with Crippen molar-refractivity contribution in [3.63, 3.8) is 0 Å². The lowest BCUT2D eigenvalue weighted by atomic mass is 10.1. The molecule has 1 unspecified atom stereocenters. The number of carbonyl (C=O) groups excluding carboxylic acids is 2. The highest BCUT2D eigenvalue weighted by atomic mass is 32.2. The molecule has 0 aliphatic heterocycles. The third-order valence-electron chi connectivity index (χ3n) is 7.07. The lowest BCUT2D eigenvalue weighted by molar-refractivity contribution is -0.141. The molecule has 1 saturated carbocycles. The number of hydrogen-bond donors (Lipinski definition) is 1. The standard InChI is InChI=1S/C29H41N3O4S/c1-4-23-17-19-26(20-18-23)32(37(3,35)36)21-11-16-28(33)31(22-24-12-7-6-8-13-24)27(5-2)29(34)30-25-14-9-10-15-25/h6-8,12-13,17-20,25,27H,4-5,9-11,14-16,21-22H2,1-3H3,(H,30,34). The zero-order valence-electron chi connectivity index (χ0n) is 22.4. The van der Waals surface area contributed by atoms with E-state index in [1.165, 1.54) is 10.6 Å². The first-order valence-electron chi connectivity index (χ1n) is 13.4. The Bertz CT molecular complexity index is 1110. The van der Waals surface area contributed by atoms with Crippen molar-refractivity contribution < 1.29 is 18.0 Å². The van der Waals surface area contributed by atoms with Gasteiger partial charge in [-0.2, -0.15) is 0 Å². The second kappa shape index (κ2) is 13.6. The Labute approximate surface area is 222 Å². The third-order valence-corrected chi connectivity index (χ3v) is 8.26. The van der Waals surface area contributed by atoms with Crippen LogP contribution in [0, 0.1) is 0 Å². The van der Waals surface area contributed by atoms with Crippen LogP contribution in [0.3, 0.4) is 0 Å². The fraction of sp³-hybridized carbons (Fsp3) is 0.517. The van der Waals surface area contributed by atoms with Crippen molar-refractivity contribution in [2.24, 2.45) is 0 Å². The Balaban J connectivity index is 1.72. The van der Waals surface area contributed by atoms with Crippen LogP contribution in [0.15, 0.2) is 54.6 Å². The van der Waals surface area contributed by atoms with E-state index in [0.29, 0.717) is 25.1 Å². The van der Waals surface area contributed by atoms with E-state index in [1.807, 2.05) is 68.4 Å². The summed E-state index contributed by atoms with van der Waals surface area (Å²) in [6.07, 6.45) is 7.27. The largest absolute Gasteiger partial charge is 0.352 e. The monoisotopic (exact) mass is 527 g/mol. The molecule has 0 bridgehead atoms. The molecule has 1 aliphatic carbocycles. The number of sulfonamides is 1. The van der Waals surface area contributed by atoms with Gasteiger partial charge >= 0.3 is 0 Å². The van der Waals surface area contributed by atoms with Crippen LogP contribution in [0.5, 0.6) is 0 Å². The molecule has 0 heterocycles. The molecule has 2 amide bonds. The molecule has 1 atom stereocenters. The molecule has 7 nitrogen and oxygen atoms in total. The first kappa shape index (κ1) is 28.7. The van der Waals surface area contributed by atoms with Crippen LogP contribution >= 0.6 is 0 Å². The summed E-state index contributed by atoms with van der Waals surface area (Å²) in [6, 6.07) is 16.8. The maximum Gasteiger partial charge on any atom is 0.243 e.